The molecule has 1 heterocycles. The summed E-state index contributed by atoms with van der Waals surface area (Å²) < 4.78 is 16.1. The number of ether oxygens (including phenoxy) is 3. The largest absolute Gasteiger partial charge is 0.493 e. The van der Waals surface area contributed by atoms with E-state index in [0.717, 1.165) is 11.3 Å². The van der Waals surface area contributed by atoms with Gasteiger partial charge in [0.15, 0.2) is 11.5 Å². The van der Waals surface area contributed by atoms with Crippen LogP contribution in [0.15, 0.2) is 30.3 Å². The van der Waals surface area contributed by atoms with Crippen LogP contribution in [0.3, 0.4) is 0 Å². The monoisotopic (exact) mass is 328 g/mol. The van der Waals surface area contributed by atoms with Crippen molar-refractivity contribution in [1.82, 2.24) is 0 Å². The lowest BCUT2D eigenvalue weighted by Crippen LogP contribution is -2.16. The average Bonchev–Trinajstić information content (AvgIpc) is 2.98. The summed E-state index contributed by atoms with van der Waals surface area (Å²) in [5.74, 6) is 1.74. The van der Waals surface area contributed by atoms with Crippen molar-refractivity contribution in [1.29, 1.82) is 0 Å². The molecular formula is C18H20N2O4. The molecule has 0 fully saturated rings. The van der Waals surface area contributed by atoms with Crippen LogP contribution in [0.2, 0.25) is 0 Å². The molecular weight excluding hydrogens is 308 g/mol. The van der Waals surface area contributed by atoms with Gasteiger partial charge in [-0.25, -0.2) is 0 Å². The second-order valence-electron chi connectivity index (χ2n) is 5.69. The normalized spacial score (nSPS) is 12.1. The molecule has 1 amide bonds. The van der Waals surface area contributed by atoms with Crippen LogP contribution in [-0.2, 0) is 4.79 Å². The third-order valence-electron chi connectivity index (χ3n) is 3.90. The fourth-order valence-corrected chi connectivity index (χ4v) is 2.34. The van der Waals surface area contributed by atoms with E-state index in [2.05, 4.69) is 5.32 Å². The molecule has 126 valence electrons. The van der Waals surface area contributed by atoms with Crippen LogP contribution in [0.5, 0.6) is 17.2 Å². The maximum absolute atomic E-state index is 12.1. The number of aryl methyl sites for hydroxylation is 2. The average molecular weight is 328 g/mol. The zero-order chi connectivity index (χ0) is 17.1. The lowest BCUT2D eigenvalue weighted by Gasteiger charge is -2.11. The molecule has 0 saturated heterocycles. The molecule has 0 radical (unpaired) electrons. The van der Waals surface area contributed by atoms with Crippen LogP contribution < -0.4 is 25.3 Å². The number of anilines is 2. The van der Waals surface area contributed by atoms with Gasteiger partial charge in [0.05, 0.1) is 24.4 Å². The molecule has 6 nitrogen and oxygen atoms in total. The Morgan fingerprint density at radius 3 is 2.67 bits per heavy atom. The van der Waals surface area contributed by atoms with Crippen molar-refractivity contribution >= 4 is 17.3 Å². The molecule has 0 saturated carbocycles. The van der Waals surface area contributed by atoms with E-state index < -0.39 is 0 Å². The van der Waals surface area contributed by atoms with Gasteiger partial charge in [-0.2, -0.15) is 0 Å². The zero-order valence-corrected chi connectivity index (χ0v) is 13.7. The molecule has 6 heteroatoms. The van der Waals surface area contributed by atoms with Gasteiger partial charge in [-0.1, -0.05) is 6.07 Å². The van der Waals surface area contributed by atoms with Crippen LogP contribution in [0, 0.1) is 13.8 Å². The van der Waals surface area contributed by atoms with E-state index in [1.54, 1.807) is 12.1 Å². The molecule has 1 aliphatic heterocycles. The van der Waals surface area contributed by atoms with Crippen LogP contribution >= 0.6 is 0 Å². The van der Waals surface area contributed by atoms with Gasteiger partial charge in [0, 0.05) is 12.1 Å². The predicted octanol–water partition coefficient (Wildman–Crippen LogP) is 3.02. The minimum Gasteiger partial charge on any atom is -0.493 e. The molecule has 0 unspecified atom stereocenters. The molecule has 0 aromatic heterocycles. The molecule has 2 aromatic rings. The number of carbonyl (C=O) groups excluding carboxylic acids is 1. The van der Waals surface area contributed by atoms with Crippen molar-refractivity contribution in [2.75, 3.05) is 24.5 Å². The van der Waals surface area contributed by atoms with E-state index in [0.29, 0.717) is 29.5 Å². The summed E-state index contributed by atoms with van der Waals surface area (Å²) >= 11 is 0. The molecule has 3 rings (SSSR count). The van der Waals surface area contributed by atoms with Gasteiger partial charge < -0.3 is 25.3 Å². The van der Waals surface area contributed by atoms with E-state index in [9.17, 15) is 4.79 Å². The number of nitrogens with two attached hydrogens (primary N) is 1. The number of amides is 1. The standard InChI is InChI=1S/C18H20N2O4/c1-11-3-4-13(7-12(11)2)22-6-5-18(21)20-15-9-17-16(8-14(15)19)23-10-24-17/h3-4,7-9H,5-6,10,19H2,1-2H3,(H,20,21). The van der Waals surface area contributed by atoms with Crippen molar-refractivity contribution < 1.29 is 19.0 Å². The van der Waals surface area contributed by atoms with E-state index in [1.807, 2.05) is 32.0 Å². The van der Waals surface area contributed by atoms with E-state index >= 15 is 0 Å². The van der Waals surface area contributed by atoms with Gasteiger partial charge in [-0.15, -0.1) is 0 Å². The maximum Gasteiger partial charge on any atom is 0.231 e. The summed E-state index contributed by atoms with van der Waals surface area (Å²) in [6.45, 7) is 4.52. The number of hydrogen-bond donors (Lipinski definition) is 2. The topological polar surface area (TPSA) is 82.8 Å². The lowest BCUT2D eigenvalue weighted by molar-refractivity contribution is -0.116. The molecule has 24 heavy (non-hydrogen) atoms. The highest BCUT2D eigenvalue weighted by molar-refractivity contribution is 5.94. The Balaban J connectivity index is 1.53. The number of carbonyl (C=O) groups is 1. The summed E-state index contributed by atoms with van der Waals surface area (Å²) in [6.07, 6.45) is 0.223. The van der Waals surface area contributed by atoms with Gasteiger partial charge in [-0.3, -0.25) is 4.79 Å². The van der Waals surface area contributed by atoms with Crippen molar-refractivity contribution in [3.05, 3.63) is 41.5 Å². The first-order valence-electron chi connectivity index (χ1n) is 7.72. The van der Waals surface area contributed by atoms with Crippen molar-refractivity contribution in [3.8, 4) is 17.2 Å². The summed E-state index contributed by atoms with van der Waals surface area (Å²) in [5, 5.41) is 2.77. The highest BCUT2D eigenvalue weighted by Gasteiger charge is 2.17. The Labute approximate surface area is 140 Å². The third kappa shape index (κ3) is 3.53. The molecule has 3 N–H and O–H groups in total. The fraction of sp³-hybridized carbons (Fsp3) is 0.278. The Hall–Kier alpha value is -2.89. The summed E-state index contributed by atoms with van der Waals surface area (Å²) in [4.78, 5) is 12.1. The van der Waals surface area contributed by atoms with Crippen molar-refractivity contribution in [3.63, 3.8) is 0 Å². The quantitative estimate of drug-likeness (QED) is 0.824. The smallest absolute Gasteiger partial charge is 0.231 e. The van der Waals surface area contributed by atoms with Gasteiger partial charge in [0.2, 0.25) is 12.7 Å². The molecule has 1 aliphatic rings. The van der Waals surface area contributed by atoms with Gasteiger partial charge in [0.1, 0.15) is 5.75 Å². The minimum absolute atomic E-state index is 0.163. The number of nitrogen functional groups attached to an aromatic ring is 1. The highest BCUT2D eigenvalue weighted by atomic mass is 16.7. The number of nitrogens with one attached hydrogen (secondary N) is 1. The van der Waals surface area contributed by atoms with Crippen molar-refractivity contribution in [2.45, 2.75) is 20.3 Å². The molecule has 2 aromatic carbocycles. The van der Waals surface area contributed by atoms with Crippen LogP contribution in [0.4, 0.5) is 11.4 Å². The van der Waals surface area contributed by atoms with Gasteiger partial charge in [-0.05, 0) is 37.1 Å². The summed E-state index contributed by atoms with van der Waals surface area (Å²) in [7, 11) is 0. The van der Waals surface area contributed by atoms with Crippen LogP contribution in [0.1, 0.15) is 17.5 Å². The summed E-state index contributed by atoms with van der Waals surface area (Å²) in [5.41, 5.74) is 9.22. The second kappa shape index (κ2) is 6.70. The maximum atomic E-state index is 12.1. The molecule has 0 bridgehead atoms. The first-order chi connectivity index (χ1) is 11.5. The minimum atomic E-state index is -0.176. The predicted molar refractivity (Wildman–Crippen MR) is 91.6 cm³/mol. The molecule has 0 atom stereocenters. The Kier molecular flexibility index (Phi) is 4.46. The third-order valence-corrected chi connectivity index (χ3v) is 3.90. The zero-order valence-electron chi connectivity index (χ0n) is 13.7. The molecule has 0 spiro atoms. The Bertz CT molecular complexity index is 774. The Morgan fingerprint density at radius 2 is 1.92 bits per heavy atom. The first kappa shape index (κ1) is 16.0. The van der Waals surface area contributed by atoms with E-state index in [-0.39, 0.29) is 19.1 Å². The first-order valence-corrected chi connectivity index (χ1v) is 7.72. The van der Waals surface area contributed by atoms with E-state index in [1.165, 1.54) is 5.56 Å². The summed E-state index contributed by atoms with van der Waals surface area (Å²) in [6, 6.07) is 9.17. The number of benzene rings is 2. The van der Waals surface area contributed by atoms with E-state index in [4.69, 9.17) is 19.9 Å². The molecule has 0 aliphatic carbocycles. The number of hydrogen-bond acceptors (Lipinski definition) is 5. The number of rotatable bonds is 5. The lowest BCUT2D eigenvalue weighted by atomic mass is 10.1. The van der Waals surface area contributed by atoms with Gasteiger partial charge >= 0.3 is 0 Å². The second-order valence-corrected chi connectivity index (χ2v) is 5.69. The van der Waals surface area contributed by atoms with Crippen LogP contribution in [0.25, 0.3) is 0 Å². The number of fused-ring (bicyclic) bond motifs is 1. The SMILES string of the molecule is Cc1ccc(OCCC(=O)Nc2cc3c(cc2N)OCO3)cc1C. The van der Waals surface area contributed by atoms with Crippen molar-refractivity contribution in [2.24, 2.45) is 0 Å². The Morgan fingerprint density at radius 1 is 1.17 bits per heavy atom. The highest BCUT2D eigenvalue weighted by Crippen LogP contribution is 2.38. The van der Waals surface area contributed by atoms with Gasteiger partial charge in [0.25, 0.3) is 0 Å². The van der Waals surface area contributed by atoms with Crippen LogP contribution in [-0.4, -0.2) is 19.3 Å². The fourth-order valence-electron chi connectivity index (χ4n) is 2.34.